The number of hydrogen-bond donors (Lipinski definition) is 6. The Kier molecular flexibility index (Phi) is 6.88. The highest BCUT2D eigenvalue weighted by atomic mass is 31.3. The van der Waals surface area contributed by atoms with Gasteiger partial charge in [-0.3, -0.25) is 9.09 Å². The fourth-order valence-electron chi connectivity index (χ4n) is 3.01. The fraction of sp³-hybridized carbons (Fsp3) is 0.636. The minimum atomic E-state index is -5.76. The van der Waals surface area contributed by atoms with Crippen LogP contribution in [0.4, 0.5) is 5.82 Å². The van der Waals surface area contributed by atoms with Crippen molar-refractivity contribution in [3.63, 3.8) is 0 Å². The minimum absolute atomic E-state index is 0.0260. The first-order valence-electron chi connectivity index (χ1n) is 8.32. The second-order valence-corrected chi connectivity index (χ2v) is 11.3. The maximum Gasteiger partial charge on any atom is 0.508 e. The van der Waals surface area contributed by atoms with Crippen molar-refractivity contribution in [2.45, 2.75) is 31.0 Å². The molecule has 0 aliphatic carbocycles. The number of aliphatic hydroxyl groups is 1. The van der Waals surface area contributed by atoms with Crippen LogP contribution in [0.3, 0.4) is 0 Å². The number of anilines is 1. The molecule has 18 nitrogen and oxygen atoms in total. The molecule has 0 aromatic carbocycles. The van der Waals surface area contributed by atoms with E-state index >= 15 is 0 Å². The second-order valence-electron chi connectivity index (χ2n) is 6.72. The molecule has 4 unspecified atom stereocenters. The lowest BCUT2D eigenvalue weighted by Gasteiger charge is -2.31. The highest BCUT2D eigenvalue weighted by molar-refractivity contribution is 7.66. The summed E-state index contributed by atoms with van der Waals surface area (Å²) in [6.45, 7) is 0.227. The predicted molar refractivity (Wildman–Crippen MR) is 97.6 cm³/mol. The summed E-state index contributed by atoms with van der Waals surface area (Å²) in [6, 6.07) is 0. The molecule has 1 aromatic rings. The molecule has 32 heavy (non-hydrogen) atoms. The number of fused-ring (bicyclic) bond motifs is 2. The molecule has 0 spiro atoms. The zero-order valence-corrected chi connectivity index (χ0v) is 18.5. The number of aliphatic hydroxyl groups excluding tert-OH is 1. The first-order valence-corrected chi connectivity index (χ1v) is 12.8. The molecular weight excluding hydrogens is 507 g/mol. The molecule has 2 aliphatic heterocycles. The quantitative estimate of drug-likeness (QED) is 0.128. The van der Waals surface area contributed by atoms with Gasteiger partial charge in [-0.25, -0.2) is 23.7 Å². The number of aromatic nitrogens is 2. The van der Waals surface area contributed by atoms with Crippen LogP contribution in [-0.4, -0.2) is 65.6 Å². The minimum Gasteiger partial charge on any atom is -0.387 e. The number of hydrogen-bond acceptors (Lipinski definition) is 14. The number of nitrogens with zero attached hydrogens (tertiary/aromatic N) is 2. The highest BCUT2D eigenvalue weighted by Crippen LogP contribution is 2.67. The Labute approximate surface area is 177 Å². The lowest BCUT2D eigenvalue weighted by atomic mass is 10.0. The molecule has 2 saturated heterocycles. The van der Waals surface area contributed by atoms with Gasteiger partial charge in [0.05, 0.1) is 13.2 Å². The van der Waals surface area contributed by atoms with E-state index in [0.29, 0.717) is 5.56 Å². The summed E-state index contributed by atoms with van der Waals surface area (Å²) in [5.74, 6) is -0.0260. The third kappa shape index (κ3) is 5.19. The first kappa shape index (κ1) is 25.6. The van der Waals surface area contributed by atoms with Crippen LogP contribution < -0.4 is 11.4 Å². The van der Waals surface area contributed by atoms with Crippen LogP contribution in [-0.2, 0) is 41.0 Å². The molecule has 2 aliphatic rings. The molecule has 2 fully saturated rings. The largest absolute Gasteiger partial charge is 0.508 e. The molecule has 7 atom stereocenters. The van der Waals surface area contributed by atoms with Gasteiger partial charge in [-0.15, -0.1) is 4.67 Å². The van der Waals surface area contributed by atoms with E-state index in [2.05, 4.69) is 22.8 Å². The maximum atomic E-state index is 12.2. The molecule has 3 rings (SSSR count). The van der Waals surface area contributed by atoms with Crippen molar-refractivity contribution in [1.29, 1.82) is 0 Å². The van der Waals surface area contributed by atoms with Crippen LogP contribution in [0.5, 0.6) is 0 Å². The Morgan fingerprint density at radius 1 is 1.25 bits per heavy atom. The van der Waals surface area contributed by atoms with Gasteiger partial charge in [0.1, 0.15) is 23.6 Å². The molecule has 21 heteroatoms. The summed E-state index contributed by atoms with van der Waals surface area (Å²) < 4.78 is 61.4. The van der Waals surface area contributed by atoms with Crippen molar-refractivity contribution >= 4 is 29.3 Å². The number of phosphoric ester groups is 1. The molecule has 2 bridgehead atoms. The molecular formula is C11H18N3O15P3. The van der Waals surface area contributed by atoms with Gasteiger partial charge in [0.2, 0.25) is 0 Å². The van der Waals surface area contributed by atoms with E-state index < -0.39 is 59.8 Å². The van der Waals surface area contributed by atoms with Crippen molar-refractivity contribution < 1.29 is 66.0 Å². The lowest BCUT2D eigenvalue weighted by molar-refractivity contribution is -0.186. The van der Waals surface area contributed by atoms with Crippen LogP contribution in [0.1, 0.15) is 11.8 Å². The Morgan fingerprint density at radius 2 is 1.88 bits per heavy atom. The summed E-state index contributed by atoms with van der Waals surface area (Å²) in [4.78, 5) is 43.5. The Hall–Kier alpha value is -1.07. The summed E-state index contributed by atoms with van der Waals surface area (Å²) in [5.41, 5.74) is 3.34. The number of nitrogen functional groups attached to an aromatic ring is 1. The monoisotopic (exact) mass is 525 g/mol. The Balaban J connectivity index is 1.73. The lowest BCUT2D eigenvalue weighted by Crippen LogP contribution is -2.45. The summed E-state index contributed by atoms with van der Waals surface area (Å²) in [5, 5.41) is 18.6. The van der Waals surface area contributed by atoms with Crippen LogP contribution in [0.25, 0.3) is 0 Å². The van der Waals surface area contributed by atoms with E-state index in [1.165, 1.54) is 6.20 Å². The van der Waals surface area contributed by atoms with Crippen molar-refractivity contribution in [2.75, 3.05) is 18.9 Å². The average Bonchev–Trinajstić information content (AvgIpc) is 3.11. The van der Waals surface area contributed by atoms with Gasteiger partial charge in [0, 0.05) is 11.8 Å². The van der Waals surface area contributed by atoms with Crippen LogP contribution in [0, 0.1) is 6.92 Å². The third-order valence-corrected chi connectivity index (χ3v) is 8.41. The summed E-state index contributed by atoms with van der Waals surface area (Å²) in [7, 11) is -16.8. The topological polar surface area (TPSA) is 269 Å². The first-order chi connectivity index (χ1) is 14.6. The molecule has 0 amide bonds. The van der Waals surface area contributed by atoms with Gasteiger partial charge in [-0.2, -0.15) is 13.6 Å². The Bertz CT molecular complexity index is 1090. The van der Waals surface area contributed by atoms with Crippen molar-refractivity contribution in [3.8, 4) is 0 Å². The maximum absolute atomic E-state index is 12.2. The molecule has 3 heterocycles. The molecule has 182 valence electrons. The zero-order valence-electron chi connectivity index (χ0n) is 15.9. The van der Waals surface area contributed by atoms with Gasteiger partial charge in [0.15, 0.2) is 6.23 Å². The number of phosphoric acid groups is 3. The molecule has 7 N–H and O–H groups in total. The number of nitrogens with two attached hydrogens (primary N) is 1. The van der Waals surface area contributed by atoms with E-state index in [1.54, 1.807) is 6.92 Å². The third-order valence-electron chi connectivity index (χ3n) is 4.44. The normalized spacial score (nSPS) is 32.9. The van der Waals surface area contributed by atoms with Crippen molar-refractivity contribution in [3.05, 3.63) is 22.2 Å². The number of ether oxygens (including phenoxy) is 2. The van der Waals surface area contributed by atoms with Gasteiger partial charge < -0.3 is 35.0 Å². The zero-order chi connectivity index (χ0) is 24.1. The smallest absolute Gasteiger partial charge is 0.387 e. The van der Waals surface area contributed by atoms with E-state index in [9.17, 15) is 33.4 Å². The van der Waals surface area contributed by atoms with Crippen LogP contribution in [0.15, 0.2) is 11.0 Å². The number of aryl methyl sites for hydroxylation is 1. The van der Waals surface area contributed by atoms with Gasteiger partial charge in [-0.05, 0) is 6.92 Å². The average molecular weight is 525 g/mol. The van der Waals surface area contributed by atoms with Crippen LogP contribution >= 0.6 is 23.5 Å². The van der Waals surface area contributed by atoms with Crippen molar-refractivity contribution in [1.82, 2.24) is 9.55 Å². The van der Waals surface area contributed by atoms with Gasteiger partial charge in [0.25, 0.3) is 0 Å². The van der Waals surface area contributed by atoms with Gasteiger partial charge in [-0.1, -0.05) is 0 Å². The van der Waals surface area contributed by atoms with E-state index in [-0.39, 0.29) is 12.4 Å². The predicted octanol–water partition coefficient (Wildman–Crippen LogP) is -0.998. The summed E-state index contributed by atoms with van der Waals surface area (Å²) >= 11 is 0. The molecule has 1 aromatic heterocycles. The van der Waals surface area contributed by atoms with E-state index in [1.807, 2.05) is 0 Å². The van der Waals surface area contributed by atoms with Gasteiger partial charge >= 0.3 is 29.2 Å². The standard InChI is InChI=1S/C11H18N3O15P3/c1-5-2-14(10(16)13-8(5)12)9-6-7(15)11(26-9,3-24-6)4-25-30(18,19)28-32(22,23)29-31(20,21)27-17/h2,6-7,9,15,17H,3-4H2,1H3,(H,18,19)(H,20,21)(H,22,23)(H2,12,13,16)/t6-,7?,9+,11+/m0/s1. The SMILES string of the molecule is Cc1cn([C@@H]2O[C@@]3(COP(=O)(O)OP(=O)(O)OP(=O)(O)OO)CO[C@H]2C3O)c(=O)nc1N. The van der Waals surface area contributed by atoms with Crippen molar-refractivity contribution in [2.24, 2.45) is 0 Å². The van der Waals surface area contributed by atoms with Crippen LogP contribution in [0.2, 0.25) is 0 Å². The van der Waals surface area contributed by atoms with E-state index in [4.69, 9.17) is 25.4 Å². The summed E-state index contributed by atoms with van der Waals surface area (Å²) in [6.07, 6.45) is -2.53. The Morgan fingerprint density at radius 3 is 2.50 bits per heavy atom. The second kappa shape index (κ2) is 8.61. The van der Waals surface area contributed by atoms with E-state index in [0.717, 1.165) is 4.57 Å². The fourth-order valence-corrected chi connectivity index (χ4v) is 6.17. The highest BCUT2D eigenvalue weighted by Gasteiger charge is 2.63. The molecule has 0 saturated carbocycles. The number of rotatable bonds is 9. The molecule has 0 radical (unpaired) electrons.